The zero-order chi connectivity index (χ0) is 17.2. The highest BCUT2D eigenvalue weighted by molar-refractivity contribution is 6.14. The van der Waals surface area contributed by atoms with Crippen LogP contribution < -0.4 is 5.73 Å². The summed E-state index contributed by atoms with van der Waals surface area (Å²) in [6, 6.07) is 28.5. The molecule has 0 aliphatic rings. The molecule has 0 bridgehead atoms. The zero-order valence-electron chi connectivity index (χ0n) is 13.7. The fourth-order valence-electron chi connectivity index (χ4n) is 3.13. The fraction of sp³-hybridized carbons (Fsp3) is 0. The van der Waals surface area contributed by atoms with Gasteiger partial charge >= 0.3 is 0 Å². The lowest BCUT2D eigenvalue weighted by molar-refractivity contribution is 1.48. The molecule has 0 amide bonds. The first-order valence-corrected chi connectivity index (χ1v) is 8.25. The normalized spacial score (nSPS) is 11.8. The highest BCUT2D eigenvalue weighted by Crippen LogP contribution is 2.26. The molecule has 0 saturated carbocycles. The van der Waals surface area contributed by atoms with E-state index in [1.165, 1.54) is 16.2 Å². The maximum atomic E-state index is 8.39. The summed E-state index contributed by atoms with van der Waals surface area (Å²) in [5.74, 6) is 0. The van der Waals surface area contributed by atoms with E-state index in [-0.39, 0.29) is 0 Å². The van der Waals surface area contributed by atoms with Gasteiger partial charge in [0.15, 0.2) is 0 Å². The molecule has 2 nitrogen and oxygen atoms in total. The molecule has 120 valence electrons. The van der Waals surface area contributed by atoms with Gasteiger partial charge in [0.2, 0.25) is 0 Å². The zero-order valence-corrected chi connectivity index (χ0v) is 13.7. The fourth-order valence-corrected chi connectivity index (χ4v) is 3.13. The van der Waals surface area contributed by atoms with Gasteiger partial charge in [-0.2, -0.15) is 0 Å². The van der Waals surface area contributed by atoms with Gasteiger partial charge in [-0.25, -0.2) is 0 Å². The average Bonchev–Trinajstić information content (AvgIpc) is 2.68. The third kappa shape index (κ3) is 2.90. The van der Waals surface area contributed by atoms with Gasteiger partial charge in [-0.05, 0) is 39.3 Å². The molecule has 3 N–H and O–H groups in total. The number of nitrogens with two attached hydrogens (primary N) is 1. The number of allylic oxidation sites excluding steroid dienone is 1. The molecular weight excluding hydrogens is 304 g/mol. The molecule has 0 aliphatic carbocycles. The molecule has 4 rings (SSSR count). The number of hydrogen-bond acceptors (Lipinski definition) is 2. The molecule has 0 fully saturated rings. The van der Waals surface area contributed by atoms with Crippen molar-refractivity contribution in [2.24, 2.45) is 5.73 Å². The van der Waals surface area contributed by atoms with E-state index in [1.54, 1.807) is 6.08 Å². The summed E-state index contributed by atoms with van der Waals surface area (Å²) < 4.78 is 0. The molecule has 4 aromatic carbocycles. The van der Waals surface area contributed by atoms with Crippen molar-refractivity contribution < 1.29 is 0 Å². The summed E-state index contributed by atoms with van der Waals surface area (Å²) in [7, 11) is 0. The van der Waals surface area contributed by atoms with Crippen LogP contribution in [0.5, 0.6) is 0 Å². The Balaban J connectivity index is 1.74. The smallest absolute Gasteiger partial charge is 0.0633 e. The molecule has 0 aliphatic heterocycles. The number of fused-ring (bicyclic) bond motifs is 3. The Kier molecular flexibility index (Phi) is 3.79. The van der Waals surface area contributed by atoms with Crippen molar-refractivity contribution in [3.8, 4) is 0 Å². The van der Waals surface area contributed by atoms with Gasteiger partial charge < -0.3 is 11.1 Å². The Morgan fingerprint density at radius 1 is 0.680 bits per heavy atom. The molecule has 2 heteroatoms. The highest BCUT2D eigenvalue weighted by atomic mass is 14.6. The van der Waals surface area contributed by atoms with E-state index in [0.717, 1.165) is 16.5 Å². The van der Waals surface area contributed by atoms with Gasteiger partial charge in [-0.1, -0.05) is 78.9 Å². The molecule has 0 atom stereocenters. The molecule has 25 heavy (non-hydrogen) atoms. The number of rotatable bonds is 3. The van der Waals surface area contributed by atoms with Crippen LogP contribution >= 0.6 is 0 Å². The summed E-state index contributed by atoms with van der Waals surface area (Å²) in [4.78, 5) is 0. The largest absolute Gasteiger partial charge is 0.398 e. The Morgan fingerprint density at radius 2 is 1.36 bits per heavy atom. The van der Waals surface area contributed by atoms with Gasteiger partial charge in [0.25, 0.3) is 0 Å². The maximum absolute atomic E-state index is 8.39. The monoisotopic (exact) mass is 322 g/mol. The van der Waals surface area contributed by atoms with E-state index >= 15 is 0 Å². The number of benzene rings is 4. The van der Waals surface area contributed by atoms with Crippen molar-refractivity contribution in [1.82, 2.24) is 0 Å². The van der Waals surface area contributed by atoms with Gasteiger partial charge in [0.05, 0.1) is 5.71 Å². The third-order valence-corrected chi connectivity index (χ3v) is 4.46. The quantitative estimate of drug-likeness (QED) is 0.387. The standard InChI is InChI=1S/C23H18N2/c24-22(17-7-2-1-3-8-17)15-23(25)19-12-13-21-18(14-19)11-10-16-6-4-5-9-20(16)21/h1-15,25H,24H2/b22-15-,25-23?. The van der Waals surface area contributed by atoms with Crippen LogP contribution in [0.4, 0.5) is 0 Å². The minimum atomic E-state index is 0.413. The van der Waals surface area contributed by atoms with Crippen LogP contribution in [0, 0.1) is 5.41 Å². The Bertz CT molecular complexity index is 1110. The molecule has 0 heterocycles. The number of hydrogen-bond donors (Lipinski definition) is 2. The third-order valence-electron chi connectivity index (χ3n) is 4.46. The Labute approximate surface area is 146 Å². The van der Waals surface area contributed by atoms with E-state index in [0.29, 0.717) is 11.4 Å². The lowest BCUT2D eigenvalue weighted by Gasteiger charge is -2.07. The van der Waals surface area contributed by atoms with E-state index in [1.807, 2.05) is 36.4 Å². The average molecular weight is 322 g/mol. The predicted molar refractivity (Wildman–Crippen MR) is 107 cm³/mol. The van der Waals surface area contributed by atoms with E-state index < -0.39 is 0 Å². The van der Waals surface area contributed by atoms with Crippen LogP contribution in [-0.4, -0.2) is 5.71 Å². The van der Waals surface area contributed by atoms with Gasteiger partial charge in [0.1, 0.15) is 0 Å². The van der Waals surface area contributed by atoms with Crippen molar-refractivity contribution in [2.75, 3.05) is 0 Å². The molecule has 0 spiro atoms. The summed E-state index contributed by atoms with van der Waals surface area (Å²) in [5, 5.41) is 13.2. The van der Waals surface area contributed by atoms with Gasteiger partial charge in [-0.15, -0.1) is 0 Å². The van der Waals surface area contributed by atoms with Gasteiger partial charge in [-0.3, -0.25) is 0 Å². The van der Waals surface area contributed by atoms with Crippen molar-refractivity contribution in [2.45, 2.75) is 0 Å². The lowest BCUT2D eigenvalue weighted by Crippen LogP contribution is -2.02. The van der Waals surface area contributed by atoms with E-state index in [9.17, 15) is 0 Å². The molecule has 0 aromatic heterocycles. The first-order chi connectivity index (χ1) is 12.2. The van der Waals surface area contributed by atoms with Crippen LogP contribution in [0.2, 0.25) is 0 Å². The minimum Gasteiger partial charge on any atom is -0.398 e. The van der Waals surface area contributed by atoms with Crippen LogP contribution in [-0.2, 0) is 0 Å². The molecular formula is C23H18N2. The summed E-state index contributed by atoms with van der Waals surface area (Å²) in [5.41, 5.74) is 8.95. The second kappa shape index (κ2) is 6.25. The lowest BCUT2D eigenvalue weighted by atomic mass is 9.98. The maximum Gasteiger partial charge on any atom is 0.0633 e. The second-order valence-corrected chi connectivity index (χ2v) is 6.10. The van der Waals surface area contributed by atoms with E-state index in [4.69, 9.17) is 11.1 Å². The SMILES string of the molecule is N=C(/C=C(\N)c1ccccc1)c1ccc2c(ccc3ccccc32)c1. The Morgan fingerprint density at radius 3 is 2.20 bits per heavy atom. The van der Waals surface area contributed by atoms with Crippen LogP contribution in [0.1, 0.15) is 11.1 Å². The molecule has 0 saturated heterocycles. The van der Waals surface area contributed by atoms with Crippen LogP contribution in [0.15, 0.2) is 91.0 Å². The number of nitrogens with one attached hydrogen (secondary N) is 1. The first-order valence-electron chi connectivity index (χ1n) is 8.25. The molecule has 0 unspecified atom stereocenters. The Hall–Kier alpha value is -3.39. The van der Waals surface area contributed by atoms with Crippen molar-refractivity contribution in [3.05, 3.63) is 102 Å². The van der Waals surface area contributed by atoms with Crippen LogP contribution in [0.3, 0.4) is 0 Å². The summed E-state index contributed by atoms with van der Waals surface area (Å²) in [6.07, 6.45) is 1.72. The molecule has 4 aromatic rings. The van der Waals surface area contributed by atoms with E-state index in [2.05, 4.69) is 48.5 Å². The van der Waals surface area contributed by atoms with Crippen LogP contribution in [0.25, 0.3) is 27.2 Å². The topological polar surface area (TPSA) is 49.9 Å². The highest BCUT2D eigenvalue weighted by Gasteiger charge is 2.05. The summed E-state index contributed by atoms with van der Waals surface area (Å²) in [6.45, 7) is 0. The summed E-state index contributed by atoms with van der Waals surface area (Å²) >= 11 is 0. The minimum absolute atomic E-state index is 0.413. The van der Waals surface area contributed by atoms with Gasteiger partial charge in [0, 0.05) is 11.3 Å². The van der Waals surface area contributed by atoms with Crippen molar-refractivity contribution in [3.63, 3.8) is 0 Å². The first kappa shape index (κ1) is 15.2. The predicted octanol–water partition coefficient (Wildman–Crippen LogP) is 5.36. The van der Waals surface area contributed by atoms with Crippen molar-refractivity contribution in [1.29, 1.82) is 5.41 Å². The van der Waals surface area contributed by atoms with Crippen molar-refractivity contribution >= 4 is 33.0 Å². The second-order valence-electron chi connectivity index (χ2n) is 6.10. The molecule has 0 radical (unpaired) electrons.